The third kappa shape index (κ3) is 3.40. The Balaban J connectivity index is 1.48. The first-order valence-corrected chi connectivity index (χ1v) is 9.01. The molecule has 3 heterocycles. The van der Waals surface area contributed by atoms with E-state index in [1.165, 1.54) is 6.33 Å². The summed E-state index contributed by atoms with van der Waals surface area (Å²) in [6.45, 7) is 5.48. The molecule has 1 aromatic carbocycles. The molecule has 0 bridgehead atoms. The summed E-state index contributed by atoms with van der Waals surface area (Å²) in [7, 11) is 0. The number of hydrogen-bond donors (Lipinski definition) is 1. The van der Waals surface area contributed by atoms with Gasteiger partial charge in [0.1, 0.15) is 12.1 Å². The van der Waals surface area contributed by atoms with Crippen molar-refractivity contribution in [1.29, 1.82) is 0 Å². The monoisotopic (exact) mass is 362 g/mol. The standard InChI is InChI=1S/C20H22N6O/c1-13-9-14(2)26(24-13)17-7-8-25(11-17)20(27)16-5-3-15(4-6-16)18-10-19(21)23-12-22-18/h3-6,9-10,12,17H,7-8,11H2,1-2H3,(H2,21,22,23). The number of rotatable bonds is 3. The minimum Gasteiger partial charge on any atom is -0.384 e. The maximum atomic E-state index is 12.9. The summed E-state index contributed by atoms with van der Waals surface area (Å²) in [5.74, 6) is 0.472. The van der Waals surface area contributed by atoms with E-state index in [4.69, 9.17) is 5.73 Å². The summed E-state index contributed by atoms with van der Waals surface area (Å²) in [5, 5.41) is 4.57. The number of amides is 1. The molecule has 1 amide bonds. The van der Waals surface area contributed by atoms with Crippen LogP contribution in [0.5, 0.6) is 0 Å². The van der Waals surface area contributed by atoms with Crippen LogP contribution in [-0.4, -0.2) is 43.6 Å². The largest absolute Gasteiger partial charge is 0.384 e. The second kappa shape index (κ2) is 6.83. The van der Waals surface area contributed by atoms with Gasteiger partial charge < -0.3 is 10.6 Å². The van der Waals surface area contributed by atoms with E-state index in [1.807, 2.05) is 40.8 Å². The number of nitrogens with zero attached hydrogens (tertiary/aromatic N) is 5. The number of carbonyl (C=O) groups excluding carboxylic acids is 1. The van der Waals surface area contributed by atoms with Crippen LogP contribution in [0.15, 0.2) is 42.7 Å². The van der Waals surface area contributed by atoms with Crippen LogP contribution in [0.3, 0.4) is 0 Å². The predicted octanol–water partition coefficient (Wildman–Crippen LogP) is 2.63. The summed E-state index contributed by atoms with van der Waals surface area (Å²) in [5.41, 5.74) is 10.2. The highest BCUT2D eigenvalue weighted by molar-refractivity contribution is 5.94. The van der Waals surface area contributed by atoms with Gasteiger partial charge in [0.2, 0.25) is 0 Å². The van der Waals surface area contributed by atoms with Crippen LogP contribution >= 0.6 is 0 Å². The quantitative estimate of drug-likeness (QED) is 0.773. The van der Waals surface area contributed by atoms with Crippen LogP contribution in [0.4, 0.5) is 5.82 Å². The molecule has 0 aliphatic carbocycles. The van der Waals surface area contributed by atoms with E-state index in [2.05, 4.69) is 28.1 Å². The molecule has 1 fully saturated rings. The number of anilines is 1. The summed E-state index contributed by atoms with van der Waals surface area (Å²) in [6, 6.07) is 11.5. The number of nitrogen functional groups attached to an aromatic ring is 1. The highest BCUT2D eigenvalue weighted by atomic mass is 16.2. The first-order chi connectivity index (χ1) is 13.0. The maximum absolute atomic E-state index is 12.9. The molecule has 0 radical (unpaired) electrons. The summed E-state index contributed by atoms with van der Waals surface area (Å²) < 4.78 is 2.05. The maximum Gasteiger partial charge on any atom is 0.253 e. The molecular weight excluding hydrogens is 340 g/mol. The number of carbonyl (C=O) groups is 1. The molecule has 27 heavy (non-hydrogen) atoms. The summed E-state index contributed by atoms with van der Waals surface area (Å²) >= 11 is 0. The Morgan fingerprint density at radius 2 is 1.93 bits per heavy atom. The Kier molecular flexibility index (Phi) is 4.35. The van der Waals surface area contributed by atoms with Crippen LogP contribution in [0.25, 0.3) is 11.3 Å². The van der Waals surface area contributed by atoms with Crippen LogP contribution in [0, 0.1) is 13.8 Å². The molecule has 0 spiro atoms. The van der Waals surface area contributed by atoms with Gasteiger partial charge in [-0.3, -0.25) is 9.48 Å². The van der Waals surface area contributed by atoms with Gasteiger partial charge in [-0.2, -0.15) is 5.10 Å². The van der Waals surface area contributed by atoms with Crippen LogP contribution in [0.2, 0.25) is 0 Å². The van der Waals surface area contributed by atoms with Crippen LogP contribution in [-0.2, 0) is 0 Å². The molecule has 2 aromatic heterocycles. The Labute approximate surface area is 157 Å². The van der Waals surface area contributed by atoms with Crippen molar-refractivity contribution in [3.8, 4) is 11.3 Å². The molecule has 1 atom stereocenters. The third-order valence-electron chi connectivity index (χ3n) is 4.96. The average molecular weight is 362 g/mol. The van der Waals surface area contributed by atoms with E-state index >= 15 is 0 Å². The molecule has 3 aromatic rings. The highest BCUT2D eigenvalue weighted by Crippen LogP contribution is 2.25. The van der Waals surface area contributed by atoms with Gasteiger partial charge in [0.15, 0.2) is 0 Å². The summed E-state index contributed by atoms with van der Waals surface area (Å²) in [4.78, 5) is 22.9. The van der Waals surface area contributed by atoms with Gasteiger partial charge in [0.25, 0.3) is 5.91 Å². The van der Waals surface area contributed by atoms with E-state index in [9.17, 15) is 4.79 Å². The molecule has 0 saturated carbocycles. The fraction of sp³-hybridized carbons (Fsp3) is 0.300. The number of aryl methyl sites for hydroxylation is 2. The van der Waals surface area contributed by atoms with Crippen molar-refractivity contribution in [1.82, 2.24) is 24.6 Å². The van der Waals surface area contributed by atoms with E-state index < -0.39 is 0 Å². The second-order valence-electron chi connectivity index (χ2n) is 6.97. The van der Waals surface area contributed by atoms with E-state index in [0.717, 1.165) is 35.6 Å². The smallest absolute Gasteiger partial charge is 0.253 e. The van der Waals surface area contributed by atoms with Gasteiger partial charge in [-0.1, -0.05) is 12.1 Å². The van der Waals surface area contributed by atoms with Crippen LogP contribution < -0.4 is 5.73 Å². The lowest BCUT2D eigenvalue weighted by atomic mass is 10.1. The van der Waals surface area contributed by atoms with Gasteiger partial charge in [-0.15, -0.1) is 0 Å². The molecule has 7 heteroatoms. The lowest BCUT2D eigenvalue weighted by Crippen LogP contribution is -2.29. The van der Waals surface area contributed by atoms with Crippen molar-refractivity contribution in [2.45, 2.75) is 26.3 Å². The van der Waals surface area contributed by atoms with Gasteiger partial charge in [0, 0.05) is 36.0 Å². The Bertz CT molecular complexity index is 978. The Hall–Kier alpha value is -3.22. The van der Waals surface area contributed by atoms with Crippen molar-refractivity contribution in [3.05, 3.63) is 59.7 Å². The minimum atomic E-state index is 0.0489. The normalized spacial score (nSPS) is 16.7. The third-order valence-corrected chi connectivity index (χ3v) is 4.96. The Morgan fingerprint density at radius 3 is 2.59 bits per heavy atom. The molecule has 1 unspecified atom stereocenters. The zero-order chi connectivity index (χ0) is 19.0. The number of benzene rings is 1. The zero-order valence-corrected chi connectivity index (χ0v) is 15.5. The van der Waals surface area contributed by atoms with Gasteiger partial charge in [-0.25, -0.2) is 9.97 Å². The van der Waals surface area contributed by atoms with E-state index in [1.54, 1.807) is 6.07 Å². The number of hydrogen-bond acceptors (Lipinski definition) is 5. The molecule has 1 aliphatic rings. The Morgan fingerprint density at radius 1 is 1.15 bits per heavy atom. The molecule has 138 valence electrons. The first-order valence-electron chi connectivity index (χ1n) is 9.01. The molecule has 2 N–H and O–H groups in total. The fourth-order valence-electron chi connectivity index (χ4n) is 3.64. The van der Waals surface area contributed by atoms with Gasteiger partial charge in [0.05, 0.1) is 17.4 Å². The van der Waals surface area contributed by atoms with Crippen molar-refractivity contribution >= 4 is 11.7 Å². The molecule has 4 rings (SSSR count). The fourth-order valence-corrected chi connectivity index (χ4v) is 3.64. The number of nitrogens with two attached hydrogens (primary N) is 1. The molecule has 1 aliphatic heterocycles. The zero-order valence-electron chi connectivity index (χ0n) is 15.5. The topological polar surface area (TPSA) is 89.9 Å². The van der Waals surface area contributed by atoms with E-state index in [-0.39, 0.29) is 11.9 Å². The predicted molar refractivity (Wildman–Crippen MR) is 103 cm³/mol. The van der Waals surface area contributed by atoms with E-state index in [0.29, 0.717) is 17.9 Å². The summed E-state index contributed by atoms with van der Waals surface area (Å²) in [6.07, 6.45) is 2.36. The minimum absolute atomic E-state index is 0.0489. The van der Waals surface area contributed by atoms with Crippen molar-refractivity contribution in [2.75, 3.05) is 18.8 Å². The number of aromatic nitrogens is 4. The molecule has 7 nitrogen and oxygen atoms in total. The SMILES string of the molecule is Cc1cc(C)n(C2CCN(C(=O)c3ccc(-c4cc(N)ncn4)cc3)C2)n1. The van der Waals surface area contributed by atoms with Crippen molar-refractivity contribution in [3.63, 3.8) is 0 Å². The van der Waals surface area contributed by atoms with Crippen molar-refractivity contribution < 1.29 is 4.79 Å². The first kappa shape index (κ1) is 17.2. The average Bonchev–Trinajstić information content (AvgIpc) is 3.27. The van der Waals surface area contributed by atoms with Gasteiger partial charge in [-0.05, 0) is 38.5 Å². The second-order valence-corrected chi connectivity index (χ2v) is 6.97. The molecular formula is C20H22N6O. The lowest BCUT2D eigenvalue weighted by Gasteiger charge is -2.17. The molecule has 1 saturated heterocycles. The van der Waals surface area contributed by atoms with Crippen LogP contribution in [0.1, 0.15) is 34.2 Å². The van der Waals surface area contributed by atoms with Gasteiger partial charge >= 0.3 is 0 Å². The van der Waals surface area contributed by atoms with Crippen molar-refractivity contribution in [2.24, 2.45) is 0 Å². The number of likely N-dealkylation sites (tertiary alicyclic amines) is 1. The lowest BCUT2D eigenvalue weighted by molar-refractivity contribution is 0.0787. The highest BCUT2D eigenvalue weighted by Gasteiger charge is 2.29.